The van der Waals surface area contributed by atoms with Crippen molar-refractivity contribution in [3.63, 3.8) is 0 Å². The van der Waals surface area contributed by atoms with Gasteiger partial charge in [-0.3, -0.25) is 4.79 Å². The molecule has 1 rings (SSSR count). The van der Waals surface area contributed by atoms with Gasteiger partial charge in [0.15, 0.2) is 0 Å². The number of halogens is 1. The van der Waals surface area contributed by atoms with Crippen LogP contribution in [-0.2, 0) is 10.6 Å². The third-order valence-corrected chi connectivity index (χ3v) is 2.86. The lowest BCUT2D eigenvalue weighted by molar-refractivity contribution is 0.0656. The van der Waals surface area contributed by atoms with E-state index in [4.69, 9.17) is 21.4 Å². The molecule has 1 aromatic rings. The van der Waals surface area contributed by atoms with Crippen LogP contribution in [0.1, 0.15) is 15.9 Å². The van der Waals surface area contributed by atoms with Gasteiger partial charge in [-0.25, -0.2) is 0 Å². The number of aliphatic hydroxyl groups is 1. The fourth-order valence-corrected chi connectivity index (χ4v) is 1.77. The summed E-state index contributed by atoms with van der Waals surface area (Å²) in [5, 5.41) is 8.98. The Balaban J connectivity index is 2.79. The van der Waals surface area contributed by atoms with Gasteiger partial charge in [0.2, 0.25) is 0 Å². The Morgan fingerprint density at radius 1 is 1.44 bits per heavy atom. The molecule has 0 saturated heterocycles. The van der Waals surface area contributed by atoms with Crippen LogP contribution >= 0.6 is 11.6 Å². The van der Waals surface area contributed by atoms with E-state index in [1.54, 1.807) is 30.2 Å². The van der Waals surface area contributed by atoms with Crippen molar-refractivity contribution in [1.29, 1.82) is 0 Å². The Bertz CT molecular complexity index is 384. The van der Waals surface area contributed by atoms with Crippen LogP contribution < -0.4 is 0 Å². The van der Waals surface area contributed by atoms with Crippen LogP contribution in [0.25, 0.3) is 0 Å². The van der Waals surface area contributed by atoms with E-state index in [0.29, 0.717) is 31.1 Å². The molecule has 0 heterocycles. The van der Waals surface area contributed by atoms with Crippen molar-refractivity contribution in [2.24, 2.45) is 0 Å². The van der Waals surface area contributed by atoms with Gasteiger partial charge in [0, 0.05) is 31.6 Å². The fourth-order valence-electron chi connectivity index (χ4n) is 1.61. The van der Waals surface area contributed by atoms with Gasteiger partial charge in [-0.2, -0.15) is 0 Å². The smallest absolute Gasteiger partial charge is 0.254 e. The standard InChI is InChI=1S/C13H18ClNO3/c1-18-8-6-15(5-7-16)13(17)12-4-2-3-11(9-12)10-14/h2-4,9,16H,5-8,10H2,1H3. The van der Waals surface area contributed by atoms with Crippen molar-refractivity contribution < 1.29 is 14.6 Å². The number of nitrogens with zero attached hydrogens (tertiary/aromatic N) is 1. The molecular weight excluding hydrogens is 254 g/mol. The number of amides is 1. The van der Waals surface area contributed by atoms with Gasteiger partial charge in [-0.1, -0.05) is 12.1 Å². The van der Waals surface area contributed by atoms with Crippen LogP contribution in [0.2, 0.25) is 0 Å². The molecule has 18 heavy (non-hydrogen) atoms. The zero-order valence-electron chi connectivity index (χ0n) is 10.4. The molecule has 0 unspecified atom stereocenters. The molecule has 5 heteroatoms. The highest BCUT2D eigenvalue weighted by molar-refractivity contribution is 6.17. The van der Waals surface area contributed by atoms with Gasteiger partial charge in [0.05, 0.1) is 13.2 Å². The number of carbonyl (C=O) groups excluding carboxylic acids is 1. The summed E-state index contributed by atoms with van der Waals surface area (Å²) in [5.41, 5.74) is 1.48. The Morgan fingerprint density at radius 2 is 2.22 bits per heavy atom. The molecule has 0 aliphatic rings. The van der Waals surface area contributed by atoms with Crippen LogP contribution in [0.15, 0.2) is 24.3 Å². The van der Waals surface area contributed by atoms with E-state index in [9.17, 15) is 4.79 Å². The molecule has 0 fully saturated rings. The average molecular weight is 272 g/mol. The van der Waals surface area contributed by atoms with Gasteiger partial charge in [-0.15, -0.1) is 11.6 Å². The molecule has 0 aromatic heterocycles. The molecular formula is C13H18ClNO3. The first kappa shape index (κ1) is 15.0. The Hall–Kier alpha value is -1.10. The third-order valence-electron chi connectivity index (χ3n) is 2.55. The van der Waals surface area contributed by atoms with Crippen LogP contribution in [0, 0.1) is 0 Å². The van der Waals surface area contributed by atoms with E-state index in [2.05, 4.69) is 0 Å². The molecule has 1 aromatic carbocycles. The minimum Gasteiger partial charge on any atom is -0.395 e. The quantitative estimate of drug-likeness (QED) is 0.765. The van der Waals surface area contributed by atoms with Gasteiger partial charge in [-0.05, 0) is 17.7 Å². The summed E-state index contributed by atoms with van der Waals surface area (Å²) in [5.74, 6) is 0.257. The number of benzene rings is 1. The Kier molecular flexibility index (Phi) is 6.72. The van der Waals surface area contributed by atoms with Crippen molar-refractivity contribution in [3.8, 4) is 0 Å². The SMILES string of the molecule is COCCN(CCO)C(=O)c1cccc(CCl)c1. The number of hydrogen-bond donors (Lipinski definition) is 1. The van der Waals surface area contributed by atoms with Crippen LogP contribution in [0.3, 0.4) is 0 Å². The van der Waals surface area contributed by atoms with Gasteiger partial charge in [0.1, 0.15) is 0 Å². The molecule has 0 radical (unpaired) electrons. The summed E-state index contributed by atoms with van der Waals surface area (Å²) in [6, 6.07) is 7.19. The van der Waals surface area contributed by atoms with Gasteiger partial charge in [0.25, 0.3) is 5.91 Å². The normalized spacial score (nSPS) is 10.4. The lowest BCUT2D eigenvalue weighted by Crippen LogP contribution is -2.36. The fraction of sp³-hybridized carbons (Fsp3) is 0.462. The van der Waals surface area contributed by atoms with Crippen LogP contribution in [-0.4, -0.2) is 49.3 Å². The first-order valence-corrected chi connectivity index (χ1v) is 6.30. The molecule has 0 aliphatic carbocycles. The second-order valence-corrected chi connectivity index (χ2v) is 4.11. The zero-order chi connectivity index (χ0) is 13.4. The maximum absolute atomic E-state index is 12.2. The van der Waals surface area contributed by atoms with E-state index >= 15 is 0 Å². The second-order valence-electron chi connectivity index (χ2n) is 3.84. The van der Waals surface area contributed by atoms with E-state index in [-0.39, 0.29) is 12.5 Å². The molecule has 0 saturated carbocycles. The number of ether oxygens (including phenoxy) is 1. The van der Waals surface area contributed by atoms with Crippen LogP contribution in [0.4, 0.5) is 0 Å². The lowest BCUT2D eigenvalue weighted by Gasteiger charge is -2.21. The number of carbonyl (C=O) groups is 1. The molecule has 0 aliphatic heterocycles. The predicted molar refractivity (Wildman–Crippen MR) is 70.9 cm³/mol. The summed E-state index contributed by atoms with van der Waals surface area (Å²) >= 11 is 5.74. The van der Waals surface area contributed by atoms with Crippen molar-refractivity contribution in [1.82, 2.24) is 4.90 Å². The van der Waals surface area contributed by atoms with E-state index in [1.807, 2.05) is 6.07 Å². The molecule has 100 valence electrons. The molecule has 0 spiro atoms. The van der Waals surface area contributed by atoms with Crippen molar-refractivity contribution >= 4 is 17.5 Å². The summed E-state index contributed by atoms with van der Waals surface area (Å²) in [7, 11) is 1.58. The third kappa shape index (κ3) is 4.29. The molecule has 0 bridgehead atoms. The lowest BCUT2D eigenvalue weighted by atomic mass is 10.1. The zero-order valence-corrected chi connectivity index (χ0v) is 11.2. The van der Waals surface area contributed by atoms with Crippen LogP contribution in [0.5, 0.6) is 0 Å². The largest absolute Gasteiger partial charge is 0.395 e. The highest BCUT2D eigenvalue weighted by atomic mass is 35.5. The molecule has 0 atom stereocenters. The second kappa shape index (κ2) is 8.08. The van der Waals surface area contributed by atoms with E-state index in [1.165, 1.54) is 0 Å². The number of alkyl halides is 1. The first-order valence-electron chi connectivity index (χ1n) is 5.77. The van der Waals surface area contributed by atoms with E-state index < -0.39 is 0 Å². The highest BCUT2D eigenvalue weighted by Crippen LogP contribution is 2.10. The summed E-state index contributed by atoms with van der Waals surface area (Å²) in [6.45, 7) is 1.14. The number of hydrogen-bond acceptors (Lipinski definition) is 3. The molecule has 1 N–H and O–H groups in total. The topological polar surface area (TPSA) is 49.8 Å². The van der Waals surface area contributed by atoms with E-state index in [0.717, 1.165) is 5.56 Å². The minimum atomic E-state index is -0.118. The molecule has 4 nitrogen and oxygen atoms in total. The van der Waals surface area contributed by atoms with Crippen molar-refractivity contribution in [2.75, 3.05) is 33.4 Å². The summed E-state index contributed by atoms with van der Waals surface area (Å²) in [4.78, 5) is 13.8. The predicted octanol–water partition coefficient (Wildman–Crippen LogP) is 1.51. The Morgan fingerprint density at radius 3 is 2.83 bits per heavy atom. The monoisotopic (exact) mass is 271 g/mol. The van der Waals surface area contributed by atoms with Gasteiger partial charge < -0.3 is 14.7 Å². The molecule has 1 amide bonds. The highest BCUT2D eigenvalue weighted by Gasteiger charge is 2.15. The maximum atomic E-state index is 12.2. The first-order chi connectivity index (χ1) is 8.72. The maximum Gasteiger partial charge on any atom is 0.254 e. The van der Waals surface area contributed by atoms with Gasteiger partial charge >= 0.3 is 0 Å². The average Bonchev–Trinajstić information content (AvgIpc) is 2.42. The summed E-state index contributed by atoms with van der Waals surface area (Å²) in [6.07, 6.45) is 0. The summed E-state index contributed by atoms with van der Waals surface area (Å²) < 4.78 is 4.95. The number of aliphatic hydroxyl groups excluding tert-OH is 1. The van der Waals surface area contributed by atoms with Crippen molar-refractivity contribution in [2.45, 2.75) is 5.88 Å². The van der Waals surface area contributed by atoms with Crippen molar-refractivity contribution in [3.05, 3.63) is 35.4 Å². The minimum absolute atomic E-state index is 0.0648. The Labute approximate surface area is 112 Å². The number of rotatable bonds is 7. The number of methoxy groups -OCH3 is 1.